The fraction of sp³-hybridized carbons (Fsp3) is 0.125. The number of benzene rings is 3. The molecule has 0 saturated carbocycles. The molecule has 1 aromatic heterocycles. The molecule has 0 spiro atoms. The molecule has 0 bridgehead atoms. The second kappa shape index (κ2) is 7.61. The molecule has 0 atom stereocenters. The zero-order valence-electron chi connectivity index (χ0n) is 16.0. The number of phenolic OH excluding ortho intramolecular Hbond substituents is 1. The van der Waals surface area contributed by atoms with Gasteiger partial charge in [0.2, 0.25) is 0 Å². The molecule has 4 nitrogen and oxygen atoms in total. The predicted octanol–water partition coefficient (Wildman–Crippen LogP) is 5.15. The molecule has 3 aromatic carbocycles. The molecule has 0 aliphatic rings. The first-order chi connectivity index (χ1) is 13.7. The van der Waals surface area contributed by atoms with Gasteiger partial charge in [-0.25, -0.2) is 4.68 Å². The Hall–Kier alpha value is -3.53. The van der Waals surface area contributed by atoms with Crippen molar-refractivity contribution in [3.63, 3.8) is 0 Å². The normalized spacial score (nSPS) is 10.8. The van der Waals surface area contributed by atoms with Gasteiger partial charge in [-0.1, -0.05) is 48.5 Å². The van der Waals surface area contributed by atoms with Crippen molar-refractivity contribution >= 4 is 0 Å². The van der Waals surface area contributed by atoms with Crippen LogP contribution in [0.25, 0.3) is 16.9 Å². The Labute approximate surface area is 164 Å². The van der Waals surface area contributed by atoms with E-state index in [4.69, 9.17) is 9.84 Å². The molecular weight excluding hydrogens is 348 g/mol. The van der Waals surface area contributed by atoms with Gasteiger partial charge in [-0.2, -0.15) is 5.10 Å². The maximum Gasteiger partial charge on any atom is 0.119 e. The number of para-hydroxylation sites is 1. The highest BCUT2D eigenvalue weighted by Crippen LogP contribution is 2.29. The monoisotopic (exact) mass is 370 g/mol. The molecule has 0 aliphatic carbocycles. The third-order valence-electron chi connectivity index (χ3n) is 4.85. The molecule has 4 rings (SSSR count). The van der Waals surface area contributed by atoms with Crippen LogP contribution in [0.1, 0.15) is 16.7 Å². The summed E-state index contributed by atoms with van der Waals surface area (Å²) in [5.74, 6) is 1.07. The maximum atomic E-state index is 10.2. The highest BCUT2D eigenvalue weighted by Gasteiger charge is 2.14. The Bertz CT molecular complexity index is 1100. The van der Waals surface area contributed by atoms with Crippen LogP contribution in [-0.4, -0.2) is 22.0 Å². The van der Waals surface area contributed by atoms with Gasteiger partial charge in [-0.15, -0.1) is 0 Å². The van der Waals surface area contributed by atoms with E-state index < -0.39 is 0 Å². The van der Waals surface area contributed by atoms with E-state index in [1.165, 1.54) is 0 Å². The van der Waals surface area contributed by atoms with Crippen molar-refractivity contribution in [2.75, 3.05) is 7.11 Å². The van der Waals surface area contributed by atoms with Crippen LogP contribution in [0.4, 0.5) is 0 Å². The van der Waals surface area contributed by atoms with Gasteiger partial charge in [0, 0.05) is 18.2 Å². The number of aromatic hydroxyl groups is 1. The summed E-state index contributed by atoms with van der Waals surface area (Å²) in [6, 6.07) is 23.5. The molecule has 0 radical (unpaired) electrons. The Morgan fingerprint density at radius 3 is 2.43 bits per heavy atom. The number of aromatic nitrogens is 2. The first-order valence-corrected chi connectivity index (χ1v) is 9.21. The van der Waals surface area contributed by atoms with E-state index in [1.807, 2.05) is 65.5 Å². The quantitative estimate of drug-likeness (QED) is 0.528. The Kier molecular flexibility index (Phi) is 4.85. The van der Waals surface area contributed by atoms with E-state index in [-0.39, 0.29) is 5.75 Å². The second-order valence-electron chi connectivity index (χ2n) is 6.77. The van der Waals surface area contributed by atoms with Crippen molar-refractivity contribution in [2.24, 2.45) is 0 Å². The number of hydrogen-bond acceptors (Lipinski definition) is 3. The summed E-state index contributed by atoms with van der Waals surface area (Å²) in [6.07, 6.45) is 2.62. The van der Waals surface area contributed by atoms with E-state index in [9.17, 15) is 5.11 Å². The number of ether oxygens (including phenoxy) is 1. The van der Waals surface area contributed by atoms with Crippen molar-refractivity contribution in [3.05, 3.63) is 95.7 Å². The van der Waals surface area contributed by atoms with Crippen molar-refractivity contribution < 1.29 is 9.84 Å². The minimum atomic E-state index is 0.290. The van der Waals surface area contributed by atoms with Crippen molar-refractivity contribution in [3.8, 4) is 28.4 Å². The zero-order valence-corrected chi connectivity index (χ0v) is 16.0. The zero-order chi connectivity index (χ0) is 19.5. The van der Waals surface area contributed by atoms with Crippen molar-refractivity contribution in [1.82, 2.24) is 9.78 Å². The third kappa shape index (κ3) is 3.49. The van der Waals surface area contributed by atoms with Crippen LogP contribution >= 0.6 is 0 Å². The Balaban J connectivity index is 1.79. The van der Waals surface area contributed by atoms with Gasteiger partial charge in [0.25, 0.3) is 0 Å². The first-order valence-electron chi connectivity index (χ1n) is 9.21. The third-order valence-corrected chi connectivity index (χ3v) is 4.85. The minimum absolute atomic E-state index is 0.290. The number of nitrogens with zero attached hydrogens (tertiary/aromatic N) is 2. The van der Waals surface area contributed by atoms with Gasteiger partial charge >= 0.3 is 0 Å². The van der Waals surface area contributed by atoms with Gasteiger partial charge in [-0.3, -0.25) is 0 Å². The highest BCUT2D eigenvalue weighted by molar-refractivity contribution is 5.63. The molecule has 140 valence electrons. The average molecular weight is 370 g/mol. The molecule has 1 heterocycles. The van der Waals surface area contributed by atoms with Crippen LogP contribution in [0, 0.1) is 6.92 Å². The number of phenols is 1. The second-order valence-corrected chi connectivity index (χ2v) is 6.77. The Morgan fingerprint density at radius 1 is 0.929 bits per heavy atom. The summed E-state index contributed by atoms with van der Waals surface area (Å²) in [5.41, 5.74) is 6.02. The largest absolute Gasteiger partial charge is 0.508 e. The number of hydrogen-bond donors (Lipinski definition) is 1. The van der Waals surface area contributed by atoms with Gasteiger partial charge in [0.05, 0.1) is 18.5 Å². The topological polar surface area (TPSA) is 47.3 Å². The van der Waals surface area contributed by atoms with E-state index in [2.05, 4.69) is 19.1 Å². The minimum Gasteiger partial charge on any atom is -0.508 e. The molecule has 0 aliphatic heterocycles. The van der Waals surface area contributed by atoms with Crippen LogP contribution < -0.4 is 4.74 Å². The van der Waals surface area contributed by atoms with Gasteiger partial charge in [-0.05, 0) is 47.9 Å². The SMILES string of the molecule is COc1ccc(-n2cc(C)c(-c3ccccc3)n2)c(Cc2ccccc2O)c1. The van der Waals surface area contributed by atoms with E-state index >= 15 is 0 Å². The Morgan fingerprint density at radius 2 is 1.68 bits per heavy atom. The van der Waals surface area contributed by atoms with Crippen LogP contribution in [0.3, 0.4) is 0 Å². The van der Waals surface area contributed by atoms with E-state index in [0.29, 0.717) is 6.42 Å². The molecular formula is C24H22N2O2. The summed E-state index contributed by atoms with van der Waals surface area (Å²) in [7, 11) is 1.66. The molecule has 0 unspecified atom stereocenters. The fourth-order valence-electron chi connectivity index (χ4n) is 3.38. The smallest absolute Gasteiger partial charge is 0.119 e. The standard InChI is InChI=1S/C24H22N2O2/c1-17-16-26(25-24(17)18-8-4-3-5-9-18)22-13-12-21(28-2)15-20(22)14-19-10-6-7-11-23(19)27/h3-13,15-16,27H,14H2,1-2H3. The molecule has 0 saturated heterocycles. The van der Waals surface area contributed by atoms with Gasteiger partial charge < -0.3 is 9.84 Å². The molecule has 1 N–H and O–H groups in total. The van der Waals surface area contributed by atoms with Crippen molar-refractivity contribution in [1.29, 1.82) is 0 Å². The molecule has 0 amide bonds. The van der Waals surface area contributed by atoms with Crippen LogP contribution in [0.5, 0.6) is 11.5 Å². The summed E-state index contributed by atoms with van der Waals surface area (Å²) < 4.78 is 7.33. The maximum absolute atomic E-state index is 10.2. The van der Waals surface area contributed by atoms with E-state index in [1.54, 1.807) is 13.2 Å². The summed E-state index contributed by atoms with van der Waals surface area (Å²) >= 11 is 0. The predicted molar refractivity (Wildman–Crippen MR) is 111 cm³/mol. The van der Waals surface area contributed by atoms with Gasteiger partial charge in [0.15, 0.2) is 0 Å². The highest BCUT2D eigenvalue weighted by atomic mass is 16.5. The lowest BCUT2D eigenvalue weighted by molar-refractivity contribution is 0.414. The average Bonchev–Trinajstić information content (AvgIpc) is 3.11. The van der Waals surface area contributed by atoms with Crippen LogP contribution in [0.2, 0.25) is 0 Å². The number of aryl methyl sites for hydroxylation is 1. The number of rotatable bonds is 5. The van der Waals surface area contributed by atoms with Gasteiger partial charge in [0.1, 0.15) is 11.5 Å². The first kappa shape index (κ1) is 17.9. The van der Waals surface area contributed by atoms with E-state index in [0.717, 1.165) is 39.4 Å². The van der Waals surface area contributed by atoms with Crippen LogP contribution in [0.15, 0.2) is 79.0 Å². The van der Waals surface area contributed by atoms with Crippen molar-refractivity contribution in [2.45, 2.75) is 13.3 Å². The molecule has 4 aromatic rings. The van der Waals surface area contributed by atoms with Crippen LogP contribution in [-0.2, 0) is 6.42 Å². The summed E-state index contributed by atoms with van der Waals surface area (Å²) in [4.78, 5) is 0. The molecule has 28 heavy (non-hydrogen) atoms. The molecule has 4 heteroatoms. The lowest BCUT2D eigenvalue weighted by atomic mass is 10.0. The summed E-state index contributed by atoms with van der Waals surface area (Å²) in [6.45, 7) is 2.07. The fourth-order valence-corrected chi connectivity index (χ4v) is 3.38. The lowest BCUT2D eigenvalue weighted by Gasteiger charge is -2.13. The summed E-state index contributed by atoms with van der Waals surface area (Å²) in [5, 5.41) is 15.0. The molecule has 0 fully saturated rings. The number of methoxy groups -OCH3 is 1. The lowest BCUT2D eigenvalue weighted by Crippen LogP contribution is -2.02.